The highest BCUT2D eigenvalue weighted by atomic mass is 19.4. The first kappa shape index (κ1) is 15.1. The van der Waals surface area contributed by atoms with E-state index in [1.54, 1.807) is 0 Å². The van der Waals surface area contributed by atoms with E-state index in [0.29, 0.717) is 6.61 Å². The van der Waals surface area contributed by atoms with Crippen molar-refractivity contribution in [3.8, 4) is 0 Å². The van der Waals surface area contributed by atoms with Crippen LogP contribution in [0.3, 0.4) is 0 Å². The molecule has 1 heterocycles. The fourth-order valence-electron chi connectivity index (χ4n) is 2.67. The van der Waals surface area contributed by atoms with Crippen molar-refractivity contribution >= 4 is 5.69 Å². The van der Waals surface area contributed by atoms with E-state index in [2.05, 4.69) is 0 Å². The molecule has 6 heteroatoms. The maximum atomic E-state index is 12.8. The molecule has 1 fully saturated rings. The van der Waals surface area contributed by atoms with Crippen molar-refractivity contribution in [2.24, 2.45) is 5.73 Å². The van der Waals surface area contributed by atoms with Crippen molar-refractivity contribution in [3.63, 3.8) is 0 Å². The minimum atomic E-state index is -4.37. The van der Waals surface area contributed by atoms with Gasteiger partial charge in [-0.1, -0.05) is 0 Å². The molecule has 2 rings (SSSR count). The standard InChI is InChI=1S/C14H19F3N2O/c1-9-13(5-6-20-9)19(2)11-3-4-12(14(15,16)17)10(7-11)8-18/h3-4,7,9,13H,5-6,8,18H2,1-2H3. The molecule has 0 aliphatic carbocycles. The van der Waals surface area contributed by atoms with Gasteiger partial charge in [0.05, 0.1) is 17.7 Å². The summed E-state index contributed by atoms with van der Waals surface area (Å²) in [4.78, 5) is 1.97. The zero-order chi connectivity index (χ0) is 14.9. The van der Waals surface area contributed by atoms with Crippen molar-refractivity contribution in [2.45, 2.75) is 38.2 Å². The Labute approximate surface area is 116 Å². The average molecular weight is 288 g/mol. The summed E-state index contributed by atoms with van der Waals surface area (Å²) >= 11 is 0. The summed E-state index contributed by atoms with van der Waals surface area (Å²) in [5, 5.41) is 0. The van der Waals surface area contributed by atoms with Crippen molar-refractivity contribution in [1.82, 2.24) is 0 Å². The first-order valence-corrected chi connectivity index (χ1v) is 6.59. The molecule has 2 atom stereocenters. The molecule has 0 amide bonds. The van der Waals surface area contributed by atoms with Crippen LogP contribution >= 0.6 is 0 Å². The lowest BCUT2D eigenvalue weighted by molar-refractivity contribution is -0.138. The molecule has 1 aliphatic rings. The fourth-order valence-corrected chi connectivity index (χ4v) is 2.67. The van der Waals surface area contributed by atoms with E-state index in [0.717, 1.165) is 18.2 Å². The molecule has 0 saturated carbocycles. The molecule has 112 valence electrons. The second-order valence-corrected chi connectivity index (χ2v) is 5.09. The predicted molar refractivity (Wildman–Crippen MR) is 71.6 cm³/mol. The second-order valence-electron chi connectivity index (χ2n) is 5.09. The molecule has 0 spiro atoms. The third-order valence-electron chi connectivity index (χ3n) is 3.86. The molecule has 1 aromatic rings. The average Bonchev–Trinajstić information content (AvgIpc) is 2.82. The van der Waals surface area contributed by atoms with Gasteiger partial charge in [-0.15, -0.1) is 0 Å². The predicted octanol–water partition coefficient (Wildman–Crippen LogP) is 2.78. The highest BCUT2D eigenvalue weighted by Crippen LogP contribution is 2.34. The third kappa shape index (κ3) is 2.91. The van der Waals surface area contributed by atoms with Gasteiger partial charge in [0.1, 0.15) is 0 Å². The molecule has 1 aromatic carbocycles. The third-order valence-corrected chi connectivity index (χ3v) is 3.86. The molecule has 0 radical (unpaired) electrons. The number of ether oxygens (including phenoxy) is 1. The molecule has 0 bridgehead atoms. The van der Waals surface area contributed by atoms with Gasteiger partial charge in [0, 0.05) is 25.9 Å². The molecule has 0 aromatic heterocycles. The highest BCUT2D eigenvalue weighted by molar-refractivity contribution is 5.52. The normalized spacial score (nSPS) is 23.1. The highest BCUT2D eigenvalue weighted by Gasteiger charge is 2.34. The second kappa shape index (κ2) is 5.61. The number of rotatable bonds is 3. The first-order chi connectivity index (χ1) is 9.34. The van der Waals surface area contributed by atoms with Crippen LogP contribution in [0.4, 0.5) is 18.9 Å². The van der Waals surface area contributed by atoms with Gasteiger partial charge >= 0.3 is 6.18 Å². The van der Waals surface area contributed by atoms with Gasteiger partial charge in [0.2, 0.25) is 0 Å². The summed E-state index contributed by atoms with van der Waals surface area (Å²) < 4.78 is 44.0. The van der Waals surface area contributed by atoms with Gasteiger partial charge in [0.15, 0.2) is 0 Å². The number of halogens is 3. The number of alkyl halides is 3. The number of nitrogens with zero attached hydrogens (tertiary/aromatic N) is 1. The van der Waals surface area contributed by atoms with Gasteiger partial charge < -0.3 is 15.4 Å². The van der Waals surface area contributed by atoms with Crippen LogP contribution in [0.2, 0.25) is 0 Å². The molecule has 3 nitrogen and oxygen atoms in total. The van der Waals surface area contributed by atoms with Crippen LogP contribution < -0.4 is 10.6 Å². The zero-order valence-electron chi connectivity index (χ0n) is 11.6. The lowest BCUT2D eigenvalue weighted by Crippen LogP contribution is -2.36. The van der Waals surface area contributed by atoms with Crippen LogP contribution in [-0.4, -0.2) is 25.8 Å². The largest absolute Gasteiger partial charge is 0.416 e. The van der Waals surface area contributed by atoms with Crippen molar-refractivity contribution in [3.05, 3.63) is 29.3 Å². The van der Waals surface area contributed by atoms with Crippen LogP contribution in [0, 0.1) is 0 Å². The van der Waals surface area contributed by atoms with Gasteiger partial charge in [-0.05, 0) is 37.1 Å². The summed E-state index contributed by atoms with van der Waals surface area (Å²) in [7, 11) is 1.87. The molecule has 1 aliphatic heterocycles. The maximum Gasteiger partial charge on any atom is 0.416 e. The smallest absolute Gasteiger partial charge is 0.376 e. The molecule has 20 heavy (non-hydrogen) atoms. The summed E-state index contributed by atoms with van der Waals surface area (Å²) in [6.07, 6.45) is -3.42. The van der Waals surface area contributed by atoms with Gasteiger partial charge in [0.25, 0.3) is 0 Å². The van der Waals surface area contributed by atoms with E-state index in [9.17, 15) is 13.2 Å². The Morgan fingerprint density at radius 2 is 2.10 bits per heavy atom. The van der Waals surface area contributed by atoms with Crippen LogP contribution in [0.5, 0.6) is 0 Å². The SMILES string of the molecule is CC1OCCC1N(C)c1ccc(C(F)(F)F)c(CN)c1. The van der Waals surface area contributed by atoms with Gasteiger partial charge in [-0.25, -0.2) is 0 Å². The number of benzene rings is 1. The Morgan fingerprint density at radius 1 is 1.40 bits per heavy atom. The molecule has 2 unspecified atom stereocenters. The van der Waals surface area contributed by atoms with Crippen LogP contribution in [0.25, 0.3) is 0 Å². The fraction of sp³-hybridized carbons (Fsp3) is 0.571. The topological polar surface area (TPSA) is 38.5 Å². The Balaban J connectivity index is 2.29. The number of hydrogen-bond acceptors (Lipinski definition) is 3. The maximum absolute atomic E-state index is 12.8. The number of likely N-dealkylation sites (N-methyl/N-ethyl adjacent to an activating group) is 1. The van der Waals surface area contributed by atoms with Crippen molar-refractivity contribution in [1.29, 1.82) is 0 Å². The van der Waals surface area contributed by atoms with Crippen molar-refractivity contribution in [2.75, 3.05) is 18.6 Å². The van der Waals surface area contributed by atoms with E-state index in [1.807, 2.05) is 18.9 Å². The Hall–Kier alpha value is -1.27. The minimum absolute atomic E-state index is 0.0728. The summed E-state index contributed by atoms with van der Waals surface area (Å²) in [5.74, 6) is 0. The van der Waals surface area contributed by atoms with Gasteiger partial charge in [-0.2, -0.15) is 13.2 Å². The Morgan fingerprint density at radius 3 is 2.60 bits per heavy atom. The number of hydrogen-bond donors (Lipinski definition) is 1. The summed E-state index contributed by atoms with van der Waals surface area (Å²) in [6, 6.07) is 4.30. The molecular formula is C14H19F3N2O. The minimum Gasteiger partial charge on any atom is -0.376 e. The first-order valence-electron chi connectivity index (χ1n) is 6.59. The van der Waals surface area contributed by atoms with E-state index in [4.69, 9.17) is 10.5 Å². The van der Waals surface area contributed by atoms with Crippen LogP contribution in [0.1, 0.15) is 24.5 Å². The summed E-state index contributed by atoms with van der Waals surface area (Å²) in [6.45, 7) is 2.52. The number of anilines is 1. The Kier molecular flexibility index (Phi) is 4.25. The lowest BCUT2D eigenvalue weighted by atomic mass is 10.0. The Bertz CT molecular complexity index is 476. The van der Waals surface area contributed by atoms with Crippen LogP contribution in [0.15, 0.2) is 18.2 Å². The van der Waals surface area contributed by atoms with Crippen LogP contribution in [-0.2, 0) is 17.5 Å². The van der Waals surface area contributed by atoms with E-state index >= 15 is 0 Å². The van der Waals surface area contributed by atoms with E-state index in [1.165, 1.54) is 12.1 Å². The van der Waals surface area contributed by atoms with Crippen molar-refractivity contribution < 1.29 is 17.9 Å². The molecule has 2 N–H and O–H groups in total. The lowest BCUT2D eigenvalue weighted by Gasteiger charge is -2.29. The van der Waals surface area contributed by atoms with E-state index < -0.39 is 11.7 Å². The quantitative estimate of drug-likeness (QED) is 0.929. The zero-order valence-corrected chi connectivity index (χ0v) is 11.6. The monoisotopic (exact) mass is 288 g/mol. The molecular weight excluding hydrogens is 269 g/mol. The van der Waals surface area contributed by atoms with E-state index in [-0.39, 0.29) is 24.3 Å². The summed E-state index contributed by atoms with van der Waals surface area (Å²) in [5.41, 5.74) is 5.65. The molecule has 1 saturated heterocycles. The van der Waals surface area contributed by atoms with Gasteiger partial charge in [-0.3, -0.25) is 0 Å². The number of nitrogens with two attached hydrogens (primary N) is 1.